The van der Waals surface area contributed by atoms with Crippen molar-refractivity contribution in [1.29, 1.82) is 0 Å². The van der Waals surface area contributed by atoms with Crippen LogP contribution >= 0.6 is 39.1 Å². The number of hydrogen-bond acceptors (Lipinski definition) is 3. The van der Waals surface area contributed by atoms with Crippen LogP contribution in [-0.4, -0.2) is 35.4 Å². The first-order valence-corrected chi connectivity index (χ1v) is 12.8. The summed E-state index contributed by atoms with van der Waals surface area (Å²) < 4.78 is 6.53. The number of nitrogens with one attached hydrogen (secondary N) is 1. The van der Waals surface area contributed by atoms with E-state index in [0.29, 0.717) is 22.2 Å². The molecule has 0 radical (unpaired) electrons. The zero-order valence-electron chi connectivity index (χ0n) is 18.7. The standard InChI is InChI=1S/C25H29BrCl2N2O3/c1-2-22(25(32)29-19-9-4-3-5-10-19)30(15-17-8-6-7-11-20(17)27)24(31)16-33-23-13-12-18(26)14-21(23)28/h6-8,11-14,19,22H,2-5,9-10,15-16H2,1H3,(H,29,32). The maximum absolute atomic E-state index is 13.3. The van der Waals surface area contributed by atoms with Gasteiger partial charge in [0, 0.05) is 22.1 Å². The van der Waals surface area contributed by atoms with Gasteiger partial charge in [-0.1, -0.05) is 83.5 Å². The zero-order valence-corrected chi connectivity index (χ0v) is 21.8. The summed E-state index contributed by atoms with van der Waals surface area (Å²) in [6, 6.07) is 12.1. The third-order valence-corrected chi connectivity index (χ3v) is 7.04. The summed E-state index contributed by atoms with van der Waals surface area (Å²) in [4.78, 5) is 28.1. The van der Waals surface area contributed by atoms with Gasteiger partial charge in [0.1, 0.15) is 11.8 Å². The first-order valence-electron chi connectivity index (χ1n) is 11.3. The third-order valence-electron chi connectivity index (χ3n) is 5.88. The zero-order chi connectivity index (χ0) is 23.8. The Bertz CT molecular complexity index is 966. The molecule has 2 aromatic rings. The second kappa shape index (κ2) is 12.6. The van der Waals surface area contributed by atoms with Crippen molar-refractivity contribution in [2.24, 2.45) is 0 Å². The van der Waals surface area contributed by atoms with Crippen molar-refractivity contribution >= 4 is 50.9 Å². The Balaban J connectivity index is 1.78. The van der Waals surface area contributed by atoms with Crippen LogP contribution in [0.1, 0.15) is 51.0 Å². The van der Waals surface area contributed by atoms with Crippen molar-refractivity contribution in [1.82, 2.24) is 10.2 Å². The molecular weight excluding hydrogens is 527 g/mol. The highest BCUT2D eigenvalue weighted by atomic mass is 79.9. The normalized spacial score (nSPS) is 15.0. The van der Waals surface area contributed by atoms with Gasteiger partial charge in [0.05, 0.1) is 5.02 Å². The SMILES string of the molecule is CCC(C(=O)NC1CCCCC1)N(Cc1ccccc1Cl)C(=O)COc1ccc(Br)cc1Cl. The predicted molar refractivity (Wildman–Crippen MR) is 136 cm³/mol. The lowest BCUT2D eigenvalue weighted by Crippen LogP contribution is -2.52. The first-order chi connectivity index (χ1) is 15.9. The number of benzene rings is 2. The van der Waals surface area contributed by atoms with Gasteiger partial charge in [-0.25, -0.2) is 0 Å². The largest absolute Gasteiger partial charge is 0.482 e. The van der Waals surface area contributed by atoms with E-state index in [4.69, 9.17) is 27.9 Å². The van der Waals surface area contributed by atoms with Crippen LogP contribution in [0, 0.1) is 0 Å². The van der Waals surface area contributed by atoms with Gasteiger partial charge in [0.2, 0.25) is 5.91 Å². The molecular formula is C25H29BrCl2N2O3. The van der Waals surface area contributed by atoms with E-state index in [1.807, 2.05) is 25.1 Å². The summed E-state index contributed by atoms with van der Waals surface area (Å²) in [6.07, 6.45) is 5.87. The van der Waals surface area contributed by atoms with Crippen LogP contribution in [0.4, 0.5) is 0 Å². The van der Waals surface area contributed by atoms with Gasteiger partial charge in [-0.05, 0) is 49.1 Å². The van der Waals surface area contributed by atoms with E-state index in [0.717, 1.165) is 35.7 Å². The highest BCUT2D eigenvalue weighted by Gasteiger charge is 2.31. The number of carbonyl (C=O) groups excluding carboxylic acids is 2. The molecule has 1 aliphatic rings. The number of hydrogen-bond donors (Lipinski definition) is 1. The third kappa shape index (κ3) is 7.36. The van der Waals surface area contributed by atoms with E-state index in [1.165, 1.54) is 6.42 Å². The molecule has 1 saturated carbocycles. The second-order valence-corrected chi connectivity index (χ2v) is 9.97. The molecule has 0 aliphatic heterocycles. The number of rotatable bonds is 9. The smallest absolute Gasteiger partial charge is 0.261 e. The van der Waals surface area contributed by atoms with Gasteiger partial charge >= 0.3 is 0 Å². The number of nitrogens with zero attached hydrogens (tertiary/aromatic N) is 1. The van der Waals surface area contributed by atoms with E-state index in [2.05, 4.69) is 21.2 Å². The van der Waals surface area contributed by atoms with E-state index in [-0.39, 0.29) is 31.0 Å². The lowest BCUT2D eigenvalue weighted by atomic mass is 9.95. The Morgan fingerprint density at radius 3 is 2.52 bits per heavy atom. The molecule has 0 spiro atoms. The van der Waals surface area contributed by atoms with Crippen molar-refractivity contribution in [2.45, 2.75) is 64.1 Å². The monoisotopic (exact) mass is 554 g/mol. The van der Waals surface area contributed by atoms with Gasteiger partial charge in [-0.3, -0.25) is 9.59 Å². The lowest BCUT2D eigenvalue weighted by Gasteiger charge is -2.33. The fourth-order valence-corrected chi connectivity index (χ4v) is 5.01. The van der Waals surface area contributed by atoms with Crippen molar-refractivity contribution in [2.75, 3.05) is 6.61 Å². The summed E-state index contributed by atoms with van der Waals surface area (Å²) in [7, 11) is 0. The molecule has 1 N–H and O–H groups in total. The van der Waals surface area contributed by atoms with E-state index >= 15 is 0 Å². The molecule has 1 aliphatic carbocycles. The average Bonchev–Trinajstić information content (AvgIpc) is 2.80. The molecule has 0 aromatic heterocycles. The van der Waals surface area contributed by atoms with Gasteiger partial charge in [0.15, 0.2) is 6.61 Å². The number of ether oxygens (including phenoxy) is 1. The molecule has 0 saturated heterocycles. The van der Waals surface area contributed by atoms with Crippen molar-refractivity contribution in [3.8, 4) is 5.75 Å². The maximum atomic E-state index is 13.3. The minimum absolute atomic E-state index is 0.133. The topological polar surface area (TPSA) is 58.6 Å². The Kier molecular flexibility index (Phi) is 9.90. The number of amides is 2. The predicted octanol–water partition coefficient (Wildman–Crippen LogP) is 6.39. The van der Waals surface area contributed by atoms with Crippen LogP contribution in [0.3, 0.4) is 0 Å². The molecule has 2 aromatic carbocycles. The summed E-state index contributed by atoms with van der Waals surface area (Å²) in [5.41, 5.74) is 0.776. The van der Waals surface area contributed by atoms with Crippen LogP contribution in [-0.2, 0) is 16.1 Å². The van der Waals surface area contributed by atoms with Gasteiger partial charge < -0.3 is 15.0 Å². The van der Waals surface area contributed by atoms with Crippen LogP contribution in [0.15, 0.2) is 46.9 Å². The van der Waals surface area contributed by atoms with Gasteiger partial charge in [-0.2, -0.15) is 0 Å². The Hall–Kier alpha value is -1.76. The second-order valence-electron chi connectivity index (χ2n) is 8.24. The van der Waals surface area contributed by atoms with Crippen molar-refractivity contribution in [3.63, 3.8) is 0 Å². The number of halogens is 3. The molecule has 8 heteroatoms. The molecule has 0 heterocycles. The van der Waals surface area contributed by atoms with Crippen LogP contribution in [0.25, 0.3) is 0 Å². The molecule has 1 unspecified atom stereocenters. The first kappa shape index (κ1) is 25.9. The molecule has 0 bridgehead atoms. The summed E-state index contributed by atoms with van der Waals surface area (Å²) in [5.74, 6) is -0.0309. The average molecular weight is 556 g/mol. The van der Waals surface area contributed by atoms with Gasteiger partial charge in [-0.15, -0.1) is 0 Å². The summed E-state index contributed by atoms with van der Waals surface area (Å²) >= 11 is 16.0. The van der Waals surface area contributed by atoms with Crippen LogP contribution in [0.2, 0.25) is 10.0 Å². The highest BCUT2D eigenvalue weighted by Crippen LogP contribution is 2.28. The molecule has 1 atom stereocenters. The molecule has 3 rings (SSSR count). The fourth-order valence-electron chi connectivity index (χ4n) is 4.09. The molecule has 2 amide bonds. The maximum Gasteiger partial charge on any atom is 0.261 e. The fraction of sp³-hybridized carbons (Fsp3) is 0.440. The molecule has 1 fully saturated rings. The van der Waals surface area contributed by atoms with Crippen LogP contribution in [0.5, 0.6) is 5.75 Å². The van der Waals surface area contributed by atoms with E-state index in [1.54, 1.807) is 29.2 Å². The summed E-state index contributed by atoms with van der Waals surface area (Å²) in [5, 5.41) is 4.11. The minimum Gasteiger partial charge on any atom is -0.482 e. The molecule has 178 valence electrons. The van der Waals surface area contributed by atoms with Crippen molar-refractivity contribution in [3.05, 3.63) is 62.5 Å². The number of carbonyl (C=O) groups is 2. The Labute approximate surface area is 213 Å². The lowest BCUT2D eigenvalue weighted by molar-refractivity contribution is -0.143. The molecule has 5 nitrogen and oxygen atoms in total. The Morgan fingerprint density at radius 2 is 1.85 bits per heavy atom. The highest BCUT2D eigenvalue weighted by molar-refractivity contribution is 9.10. The van der Waals surface area contributed by atoms with E-state index in [9.17, 15) is 9.59 Å². The Morgan fingerprint density at radius 1 is 1.12 bits per heavy atom. The van der Waals surface area contributed by atoms with Gasteiger partial charge in [0.25, 0.3) is 5.91 Å². The van der Waals surface area contributed by atoms with Crippen molar-refractivity contribution < 1.29 is 14.3 Å². The van der Waals surface area contributed by atoms with E-state index < -0.39 is 6.04 Å². The minimum atomic E-state index is -0.625. The summed E-state index contributed by atoms with van der Waals surface area (Å²) in [6.45, 7) is 1.88. The van der Waals surface area contributed by atoms with Crippen LogP contribution < -0.4 is 10.1 Å². The molecule has 33 heavy (non-hydrogen) atoms. The quantitative estimate of drug-likeness (QED) is 0.390.